The van der Waals surface area contributed by atoms with Gasteiger partial charge in [0.1, 0.15) is 11.6 Å². The van der Waals surface area contributed by atoms with Crippen molar-refractivity contribution in [3.05, 3.63) is 63.9 Å². The molecule has 0 unspecified atom stereocenters. The van der Waals surface area contributed by atoms with Crippen molar-refractivity contribution in [3.8, 4) is 0 Å². The fraction of sp³-hybridized carbons (Fsp3) is 0.227. The standard InChI is InChI=1S/C22H21ClN4O5/c23-19-14-3-5-27(21(29)12-2-1-11-4-6-32-17(11)8-12)10-13(14)7-15(25)18(19)20(28)26-16(9-24)22(30)31/h1-2,4,6-8,16H,3,5,9-10,24-25H2,(H,26,28)(H,30,31)/t16-/m0/s1. The zero-order chi connectivity index (χ0) is 23.0. The van der Waals surface area contributed by atoms with Crippen molar-refractivity contribution < 1.29 is 23.9 Å². The molecule has 0 saturated carbocycles. The van der Waals surface area contributed by atoms with Crippen molar-refractivity contribution in [2.45, 2.75) is 19.0 Å². The molecule has 0 spiro atoms. The largest absolute Gasteiger partial charge is 0.480 e. The molecule has 1 atom stereocenters. The Hall–Kier alpha value is -3.56. The smallest absolute Gasteiger partial charge is 0.327 e. The van der Waals surface area contributed by atoms with E-state index in [-0.39, 0.29) is 35.3 Å². The lowest BCUT2D eigenvalue weighted by atomic mass is 9.94. The average molecular weight is 457 g/mol. The summed E-state index contributed by atoms with van der Waals surface area (Å²) in [6.07, 6.45) is 1.99. The van der Waals surface area contributed by atoms with E-state index < -0.39 is 17.9 Å². The van der Waals surface area contributed by atoms with E-state index in [0.29, 0.717) is 29.7 Å². The van der Waals surface area contributed by atoms with E-state index in [1.165, 1.54) is 0 Å². The summed E-state index contributed by atoms with van der Waals surface area (Å²) in [7, 11) is 0. The number of hydrogen-bond acceptors (Lipinski definition) is 6. The highest BCUT2D eigenvalue weighted by molar-refractivity contribution is 6.35. The van der Waals surface area contributed by atoms with E-state index >= 15 is 0 Å². The first kappa shape index (κ1) is 21.7. The summed E-state index contributed by atoms with van der Waals surface area (Å²) in [5.74, 6) is -2.12. The van der Waals surface area contributed by atoms with E-state index in [1.54, 1.807) is 29.4 Å². The lowest BCUT2D eigenvalue weighted by Crippen LogP contribution is -2.46. The fourth-order valence-electron chi connectivity index (χ4n) is 3.83. The molecule has 10 heteroatoms. The third-order valence-electron chi connectivity index (χ3n) is 5.54. The number of halogens is 1. The molecule has 3 aromatic rings. The van der Waals surface area contributed by atoms with Crippen LogP contribution in [0.3, 0.4) is 0 Å². The number of amides is 2. The molecular weight excluding hydrogens is 436 g/mol. The Bertz CT molecular complexity index is 1240. The van der Waals surface area contributed by atoms with Gasteiger partial charge in [-0.1, -0.05) is 17.7 Å². The van der Waals surface area contributed by atoms with Crippen LogP contribution in [0.5, 0.6) is 0 Å². The van der Waals surface area contributed by atoms with E-state index in [9.17, 15) is 14.4 Å². The van der Waals surface area contributed by atoms with Crippen LogP contribution in [0.4, 0.5) is 5.69 Å². The van der Waals surface area contributed by atoms with Crippen molar-refractivity contribution in [2.75, 3.05) is 18.8 Å². The fourth-order valence-corrected chi connectivity index (χ4v) is 4.25. The molecule has 9 nitrogen and oxygen atoms in total. The SMILES string of the molecule is NC[C@H](NC(=O)c1c(N)cc2c(c1Cl)CCN(C(=O)c1ccc3ccoc3c1)C2)C(=O)O. The third-order valence-corrected chi connectivity index (χ3v) is 5.96. The maximum Gasteiger partial charge on any atom is 0.327 e. The minimum atomic E-state index is -1.26. The highest BCUT2D eigenvalue weighted by Gasteiger charge is 2.29. The molecule has 166 valence electrons. The van der Waals surface area contributed by atoms with Gasteiger partial charge in [-0.05, 0) is 41.8 Å². The number of anilines is 1. The molecular formula is C22H21ClN4O5. The molecule has 4 rings (SSSR count). The molecule has 2 amide bonds. The van der Waals surface area contributed by atoms with Crippen LogP contribution >= 0.6 is 11.6 Å². The van der Waals surface area contributed by atoms with Gasteiger partial charge < -0.3 is 31.2 Å². The van der Waals surface area contributed by atoms with Crippen molar-refractivity contribution >= 4 is 46.0 Å². The Morgan fingerprint density at radius 1 is 1.25 bits per heavy atom. The van der Waals surface area contributed by atoms with Gasteiger partial charge in [0.25, 0.3) is 11.8 Å². The van der Waals surface area contributed by atoms with Crippen LogP contribution in [0.1, 0.15) is 31.8 Å². The molecule has 0 fully saturated rings. The van der Waals surface area contributed by atoms with Crippen molar-refractivity contribution in [3.63, 3.8) is 0 Å². The minimum Gasteiger partial charge on any atom is -0.480 e. The van der Waals surface area contributed by atoms with Gasteiger partial charge in [0.2, 0.25) is 0 Å². The van der Waals surface area contributed by atoms with Gasteiger partial charge >= 0.3 is 5.97 Å². The summed E-state index contributed by atoms with van der Waals surface area (Å²) in [4.78, 5) is 38.5. The molecule has 32 heavy (non-hydrogen) atoms. The maximum atomic E-state index is 13.0. The average Bonchev–Trinajstić information content (AvgIpc) is 3.24. The van der Waals surface area contributed by atoms with Gasteiger partial charge in [-0.2, -0.15) is 0 Å². The van der Waals surface area contributed by atoms with E-state index in [2.05, 4.69) is 5.32 Å². The molecule has 1 aromatic heterocycles. The molecule has 2 aromatic carbocycles. The number of fused-ring (bicyclic) bond motifs is 2. The number of nitrogens with zero attached hydrogens (tertiary/aromatic N) is 1. The van der Waals surface area contributed by atoms with Crippen molar-refractivity contribution in [1.82, 2.24) is 10.2 Å². The zero-order valence-electron chi connectivity index (χ0n) is 16.9. The van der Waals surface area contributed by atoms with Gasteiger partial charge in [-0.15, -0.1) is 0 Å². The van der Waals surface area contributed by atoms with Crippen LogP contribution in [0.15, 0.2) is 41.0 Å². The molecule has 2 heterocycles. The Kier molecular flexibility index (Phi) is 5.77. The number of carboxylic acid groups (broad SMARTS) is 1. The molecule has 6 N–H and O–H groups in total. The minimum absolute atomic E-state index is 0.00756. The second-order valence-electron chi connectivity index (χ2n) is 7.54. The van der Waals surface area contributed by atoms with Gasteiger partial charge in [-0.25, -0.2) is 4.79 Å². The van der Waals surface area contributed by atoms with E-state index in [4.69, 9.17) is 32.6 Å². The van der Waals surface area contributed by atoms with Crippen LogP contribution in [-0.4, -0.2) is 46.9 Å². The number of aliphatic carboxylic acids is 1. The predicted octanol–water partition coefficient (Wildman–Crippen LogP) is 2.01. The zero-order valence-corrected chi connectivity index (χ0v) is 17.7. The van der Waals surface area contributed by atoms with Gasteiger partial charge in [0.15, 0.2) is 0 Å². The highest BCUT2D eigenvalue weighted by Crippen LogP contribution is 2.34. The van der Waals surface area contributed by atoms with Crippen LogP contribution in [0.25, 0.3) is 11.0 Å². The first-order valence-electron chi connectivity index (χ1n) is 9.90. The normalized spacial score (nSPS) is 14.1. The molecule has 0 bridgehead atoms. The second-order valence-corrected chi connectivity index (χ2v) is 7.92. The number of carbonyl (C=O) groups is 3. The Morgan fingerprint density at radius 2 is 2.03 bits per heavy atom. The number of nitrogens with two attached hydrogens (primary N) is 2. The summed E-state index contributed by atoms with van der Waals surface area (Å²) in [6.45, 7) is 0.397. The van der Waals surface area contributed by atoms with E-state index in [1.807, 2.05) is 12.1 Å². The monoisotopic (exact) mass is 456 g/mol. The van der Waals surface area contributed by atoms with Crippen LogP contribution in [0, 0.1) is 0 Å². The first-order chi connectivity index (χ1) is 15.3. The number of nitrogens with one attached hydrogen (secondary N) is 1. The van der Waals surface area contributed by atoms with E-state index in [0.717, 1.165) is 10.9 Å². The van der Waals surface area contributed by atoms with Crippen molar-refractivity contribution in [1.29, 1.82) is 0 Å². The van der Waals surface area contributed by atoms with Gasteiger partial charge in [0, 0.05) is 36.3 Å². The maximum absolute atomic E-state index is 13.0. The first-order valence-corrected chi connectivity index (χ1v) is 10.3. The molecule has 0 radical (unpaired) electrons. The number of carboxylic acids is 1. The lowest BCUT2D eigenvalue weighted by Gasteiger charge is -2.30. The topological polar surface area (TPSA) is 152 Å². The van der Waals surface area contributed by atoms with Gasteiger partial charge in [0.05, 0.1) is 16.8 Å². The Labute approximate surface area is 187 Å². The summed E-state index contributed by atoms with van der Waals surface area (Å²) >= 11 is 6.49. The van der Waals surface area contributed by atoms with Crippen LogP contribution in [0.2, 0.25) is 5.02 Å². The molecule has 1 aliphatic heterocycles. The van der Waals surface area contributed by atoms with Crippen molar-refractivity contribution in [2.24, 2.45) is 5.73 Å². The van der Waals surface area contributed by atoms with Crippen LogP contribution in [-0.2, 0) is 17.8 Å². The highest BCUT2D eigenvalue weighted by atomic mass is 35.5. The number of rotatable bonds is 5. The molecule has 0 saturated heterocycles. The summed E-state index contributed by atoms with van der Waals surface area (Å²) in [5.41, 5.74) is 14.2. The Balaban J connectivity index is 1.58. The number of nitrogen functional groups attached to an aromatic ring is 1. The number of carbonyl (C=O) groups excluding carboxylic acids is 2. The second kappa shape index (κ2) is 8.52. The van der Waals surface area contributed by atoms with Gasteiger partial charge in [-0.3, -0.25) is 9.59 Å². The summed E-state index contributed by atoms with van der Waals surface area (Å²) in [5, 5.41) is 12.5. The number of furan rings is 1. The summed E-state index contributed by atoms with van der Waals surface area (Å²) < 4.78 is 5.38. The third kappa shape index (κ3) is 3.88. The Morgan fingerprint density at radius 3 is 2.75 bits per heavy atom. The number of hydrogen-bond donors (Lipinski definition) is 4. The predicted molar refractivity (Wildman–Crippen MR) is 118 cm³/mol. The summed E-state index contributed by atoms with van der Waals surface area (Å²) in [6, 6.07) is 7.46. The number of benzene rings is 2. The quantitative estimate of drug-likeness (QED) is 0.428. The van der Waals surface area contributed by atoms with Crippen LogP contribution < -0.4 is 16.8 Å². The lowest BCUT2D eigenvalue weighted by molar-refractivity contribution is -0.138. The molecule has 0 aliphatic carbocycles. The molecule has 1 aliphatic rings.